The minimum absolute atomic E-state index is 0.252. The molecular weight excluding hydrogens is 182 g/mol. The second-order valence-electron chi connectivity index (χ2n) is 4.30. The van der Waals surface area contributed by atoms with E-state index in [1.807, 2.05) is 0 Å². The Hall–Kier alpha value is -0.400. The molecule has 0 nitrogen and oxygen atoms in total. The van der Waals surface area contributed by atoms with Gasteiger partial charge in [0.1, 0.15) is 0 Å². The van der Waals surface area contributed by atoms with Gasteiger partial charge in [-0.15, -0.1) is 0 Å². The van der Waals surface area contributed by atoms with Crippen molar-refractivity contribution in [3.05, 3.63) is 12.2 Å². The molecule has 0 aromatic heterocycles. The molecule has 0 aliphatic rings. The molecule has 0 aliphatic carbocycles. The van der Waals surface area contributed by atoms with Crippen LogP contribution in [-0.4, -0.2) is 0 Å². The van der Waals surface area contributed by atoms with Crippen molar-refractivity contribution < 1.29 is 8.78 Å². The fraction of sp³-hybridized carbons (Fsp3) is 0.833. The van der Waals surface area contributed by atoms with Crippen molar-refractivity contribution in [2.24, 2.45) is 5.41 Å². The summed E-state index contributed by atoms with van der Waals surface area (Å²) in [6, 6.07) is 0. The van der Waals surface area contributed by atoms with E-state index in [0.29, 0.717) is 6.42 Å². The van der Waals surface area contributed by atoms with E-state index in [0.717, 1.165) is 25.3 Å². The zero-order valence-electron chi connectivity index (χ0n) is 9.58. The minimum Gasteiger partial charge on any atom is -0.174 e. The second kappa shape index (κ2) is 6.97. The average Bonchev–Trinajstić information content (AvgIpc) is 2.14. The lowest BCUT2D eigenvalue weighted by Gasteiger charge is -2.27. The quantitative estimate of drug-likeness (QED) is 0.537. The first kappa shape index (κ1) is 13.6. The number of hydrogen-bond acceptors (Lipinski definition) is 0. The highest BCUT2D eigenvalue weighted by Crippen LogP contribution is 2.33. The molecule has 0 bridgehead atoms. The van der Waals surface area contributed by atoms with E-state index in [2.05, 4.69) is 20.8 Å². The average molecular weight is 204 g/mol. The van der Waals surface area contributed by atoms with E-state index in [-0.39, 0.29) is 5.41 Å². The second-order valence-corrected chi connectivity index (χ2v) is 4.30. The Morgan fingerprint density at radius 1 is 1.21 bits per heavy atom. The molecule has 0 saturated heterocycles. The molecule has 0 radical (unpaired) electrons. The van der Waals surface area contributed by atoms with Crippen molar-refractivity contribution in [3.63, 3.8) is 0 Å². The number of halogens is 2. The molecule has 1 atom stereocenters. The summed E-state index contributed by atoms with van der Waals surface area (Å²) in [6.45, 7) is 6.51. The molecule has 0 heterocycles. The monoisotopic (exact) mass is 204 g/mol. The third-order valence-electron chi connectivity index (χ3n) is 3.03. The standard InChI is InChI=1S/C12H22F2/c1-4-6-9-12(3,5-2)10-7-8-11(13)14/h8H,4-7,9-10H2,1-3H3. The van der Waals surface area contributed by atoms with Crippen molar-refractivity contribution in [2.45, 2.75) is 59.3 Å². The van der Waals surface area contributed by atoms with E-state index in [9.17, 15) is 8.78 Å². The largest absolute Gasteiger partial charge is 0.266 e. The Kier molecular flexibility index (Phi) is 6.77. The Labute approximate surface area is 86.4 Å². The summed E-state index contributed by atoms with van der Waals surface area (Å²) in [7, 11) is 0. The van der Waals surface area contributed by atoms with Crippen LogP contribution in [-0.2, 0) is 0 Å². The minimum atomic E-state index is -1.54. The summed E-state index contributed by atoms with van der Waals surface area (Å²) in [5.41, 5.74) is 0.252. The maximum atomic E-state index is 11.8. The molecule has 0 amide bonds. The molecular formula is C12H22F2. The summed E-state index contributed by atoms with van der Waals surface area (Å²) in [5.74, 6) is 0. The maximum absolute atomic E-state index is 11.8. The summed E-state index contributed by atoms with van der Waals surface area (Å²) >= 11 is 0. The molecule has 2 heteroatoms. The van der Waals surface area contributed by atoms with Crippen molar-refractivity contribution in [2.75, 3.05) is 0 Å². The number of unbranched alkanes of at least 4 members (excludes halogenated alkanes) is 1. The van der Waals surface area contributed by atoms with Crippen LogP contribution >= 0.6 is 0 Å². The number of hydrogen-bond donors (Lipinski definition) is 0. The molecule has 0 saturated carbocycles. The Morgan fingerprint density at radius 2 is 1.86 bits per heavy atom. The van der Waals surface area contributed by atoms with Gasteiger partial charge in [0.15, 0.2) is 0 Å². The number of allylic oxidation sites excluding steroid dienone is 1. The predicted octanol–water partition coefficient (Wildman–Crippen LogP) is 5.15. The molecule has 0 N–H and O–H groups in total. The fourth-order valence-electron chi connectivity index (χ4n) is 1.61. The first-order valence-electron chi connectivity index (χ1n) is 5.55. The Bertz CT molecular complexity index is 171. The molecule has 0 fully saturated rings. The van der Waals surface area contributed by atoms with Gasteiger partial charge < -0.3 is 0 Å². The molecule has 0 rings (SSSR count). The van der Waals surface area contributed by atoms with E-state index >= 15 is 0 Å². The molecule has 0 spiro atoms. The SMILES string of the molecule is CCCCC(C)(CC)CCC=C(F)F. The van der Waals surface area contributed by atoms with E-state index in [1.165, 1.54) is 12.8 Å². The summed E-state index contributed by atoms with van der Waals surface area (Å²) in [6.07, 6.45) is 5.50. The summed E-state index contributed by atoms with van der Waals surface area (Å²) in [5, 5.41) is 0. The molecule has 0 aromatic carbocycles. The zero-order valence-corrected chi connectivity index (χ0v) is 9.58. The fourth-order valence-corrected chi connectivity index (χ4v) is 1.61. The molecule has 0 aromatic rings. The Balaban J connectivity index is 3.92. The summed E-state index contributed by atoms with van der Waals surface area (Å²) < 4.78 is 23.7. The van der Waals surface area contributed by atoms with Crippen LogP contribution in [0.2, 0.25) is 0 Å². The van der Waals surface area contributed by atoms with Crippen molar-refractivity contribution in [1.82, 2.24) is 0 Å². The Morgan fingerprint density at radius 3 is 2.29 bits per heavy atom. The van der Waals surface area contributed by atoms with Gasteiger partial charge in [0.05, 0.1) is 0 Å². The van der Waals surface area contributed by atoms with Crippen LogP contribution in [0.4, 0.5) is 8.78 Å². The topological polar surface area (TPSA) is 0 Å². The highest BCUT2D eigenvalue weighted by molar-refractivity contribution is 4.84. The van der Waals surface area contributed by atoms with Gasteiger partial charge >= 0.3 is 0 Å². The van der Waals surface area contributed by atoms with Gasteiger partial charge in [-0.1, -0.05) is 40.0 Å². The van der Waals surface area contributed by atoms with Crippen LogP contribution in [0.5, 0.6) is 0 Å². The van der Waals surface area contributed by atoms with Crippen molar-refractivity contribution in [3.8, 4) is 0 Å². The first-order valence-corrected chi connectivity index (χ1v) is 5.55. The molecule has 14 heavy (non-hydrogen) atoms. The van der Waals surface area contributed by atoms with Gasteiger partial charge in [-0.05, 0) is 30.8 Å². The molecule has 0 aliphatic heterocycles. The van der Waals surface area contributed by atoms with Crippen LogP contribution in [0.3, 0.4) is 0 Å². The van der Waals surface area contributed by atoms with Crippen LogP contribution in [0.15, 0.2) is 12.2 Å². The normalized spacial score (nSPS) is 14.9. The third-order valence-corrected chi connectivity index (χ3v) is 3.03. The van der Waals surface area contributed by atoms with Crippen molar-refractivity contribution >= 4 is 0 Å². The van der Waals surface area contributed by atoms with Crippen LogP contribution < -0.4 is 0 Å². The smallest absolute Gasteiger partial charge is 0.174 e. The van der Waals surface area contributed by atoms with Gasteiger partial charge in [0, 0.05) is 0 Å². The lowest BCUT2D eigenvalue weighted by atomic mass is 9.78. The number of rotatable bonds is 7. The highest BCUT2D eigenvalue weighted by atomic mass is 19.3. The van der Waals surface area contributed by atoms with Gasteiger partial charge in [0.2, 0.25) is 0 Å². The first-order chi connectivity index (χ1) is 6.54. The van der Waals surface area contributed by atoms with E-state index in [1.54, 1.807) is 0 Å². The highest BCUT2D eigenvalue weighted by Gasteiger charge is 2.20. The third kappa shape index (κ3) is 6.11. The maximum Gasteiger partial charge on any atom is 0.266 e. The van der Waals surface area contributed by atoms with Gasteiger partial charge in [-0.2, -0.15) is 8.78 Å². The lowest BCUT2D eigenvalue weighted by Crippen LogP contribution is -2.14. The van der Waals surface area contributed by atoms with Gasteiger partial charge in [-0.3, -0.25) is 0 Å². The predicted molar refractivity (Wildman–Crippen MR) is 57.5 cm³/mol. The summed E-state index contributed by atoms with van der Waals surface area (Å²) in [4.78, 5) is 0. The lowest BCUT2D eigenvalue weighted by molar-refractivity contribution is 0.253. The van der Waals surface area contributed by atoms with Crippen LogP contribution in [0.25, 0.3) is 0 Å². The van der Waals surface area contributed by atoms with E-state index < -0.39 is 6.08 Å². The van der Waals surface area contributed by atoms with Crippen LogP contribution in [0, 0.1) is 5.41 Å². The molecule has 84 valence electrons. The van der Waals surface area contributed by atoms with Crippen LogP contribution in [0.1, 0.15) is 59.3 Å². The van der Waals surface area contributed by atoms with Gasteiger partial charge in [-0.25, -0.2) is 0 Å². The van der Waals surface area contributed by atoms with Gasteiger partial charge in [0.25, 0.3) is 6.08 Å². The van der Waals surface area contributed by atoms with E-state index in [4.69, 9.17) is 0 Å². The zero-order chi connectivity index (χ0) is 11.0. The van der Waals surface area contributed by atoms with Crippen molar-refractivity contribution in [1.29, 1.82) is 0 Å². The molecule has 1 unspecified atom stereocenters.